The average molecular weight is 297 g/mol. The number of likely N-dealkylation sites (tertiary alicyclic amines) is 1. The van der Waals surface area contributed by atoms with Crippen LogP contribution in [0.15, 0.2) is 30.6 Å². The Morgan fingerprint density at radius 1 is 1.41 bits per heavy atom. The van der Waals surface area contributed by atoms with Crippen molar-refractivity contribution >= 4 is 5.91 Å². The van der Waals surface area contributed by atoms with E-state index in [1.165, 1.54) is 0 Å². The number of carbonyl (C=O) groups excluding carboxylic acids is 1. The summed E-state index contributed by atoms with van der Waals surface area (Å²) in [5, 5.41) is 0. The topological polar surface area (TPSA) is 58.2 Å². The Morgan fingerprint density at radius 2 is 2.36 bits per heavy atom. The molecule has 0 bridgehead atoms. The molecule has 22 heavy (non-hydrogen) atoms. The Labute approximate surface area is 129 Å². The highest BCUT2D eigenvalue weighted by Crippen LogP contribution is 2.32. The zero-order valence-corrected chi connectivity index (χ0v) is 12.4. The van der Waals surface area contributed by atoms with Crippen molar-refractivity contribution in [3.63, 3.8) is 0 Å². The van der Waals surface area contributed by atoms with Crippen LogP contribution in [-0.2, 0) is 17.8 Å². The molecule has 114 valence electrons. The molecule has 0 aliphatic carbocycles. The van der Waals surface area contributed by atoms with Gasteiger partial charge in [-0.3, -0.25) is 4.79 Å². The van der Waals surface area contributed by atoms with Gasteiger partial charge in [-0.15, -0.1) is 0 Å². The van der Waals surface area contributed by atoms with E-state index in [0.29, 0.717) is 13.2 Å². The second-order valence-electron chi connectivity index (χ2n) is 5.88. The van der Waals surface area contributed by atoms with Crippen LogP contribution in [0.4, 0.5) is 0 Å². The molecule has 0 radical (unpaired) electrons. The minimum absolute atomic E-state index is 0.0678. The number of H-pyrrole nitrogens is 1. The number of imidazole rings is 1. The number of rotatable bonds is 2. The van der Waals surface area contributed by atoms with Crippen LogP contribution in [0.3, 0.4) is 0 Å². The first kappa shape index (κ1) is 13.5. The third-order valence-electron chi connectivity index (χ3n) is 4.61. The normalized spacial score (nSPS) is 20.9. The van der Waals surface area contributed by atoms with Gasteiger partial charge >= 0.3 is 0 Å². The van der Waals surface area contributed by atoms with Gasteiger partial charge in [-0.05, 0) is 36.5 Å². The summed E-state index contributed by atoms with van der Waals surface area (Å²) < 4.78 is 5.50. The fourth-order valence-corrected chi connectivity index (χ4v) is 3.53. The van der Waals surface area contributed by atoms with Crippen LogP contribution in [0, 0.1) is 0 Å². The molecule has 2 aliphatic rings. The molecule has 1 amide bonds. The lowest BCUT2D eigenvalue weighted by molar-refractivity contribution is 0.0723. The second-order valence-corrected chi connectivity index (χ2v) is 5.88. The van der Waals surface area contributed by atoms with Crippen LogP contribution < -0.4 is 0 Å². The predicted molar refractivity (Wildman–Crippen MR) is 81.4 cm³/mol. The minimum Gasteiger partial charge on any atom is -0.376 e. The van der Waals surface area contributed by atoms with E-state index in [0.717, 1.165) is 48.3 Å². The zero-order chi connectivity index (χ0) is 14.9. The number of amides is 1. The van der Waals surface area contributed by atoms with Crippen molar-refractivity contribution in [2.45, 2.75) is 31.9 Å². The lowest BCUT2D eigenvalue weighted by Gasteiger charge is -2.26. The van der Waals surface area contributed by atoms with Gasteiger partial charge in [0.05, 0.1) is 19.3 Å². The van der Waals surface area contributed by atoms with Crippen molar-refractivity contribution in [3.05, 3.63) is 53.1 Å². The van der Waals surface area contributed by atoms with Gasteiger partial charge in [0.1, 0.15) is 5.82 Å². The summed E-state index contributed by atoms with van der Waals surface area (Å²) in [6.07, 6.45) is 6.37. The number of hydrogen-bond acceptors (Lipinski definition) is 3. The summed E-state index contributed by atoms with van der Waals surface area (Å²) in [6, 6.07) is 6.03. The number of nitrogens with one attached hydrogen (secondary N) is 1. The molecule has 5 heteroatoms. The Kier molecular flexibility index (Phi) is 3.42. The summed E-state index contributed by atoms with van der Waals surface area (Å²) in [5.74, 6) is 1.01. The average Bonchev–Trinajstić information content (AvgIpc) is 3.24. The summed E-state index contributed by atoms with van der Waals surface area (Å²) in [7, 11) is 0. The highest BCUT2D eigenvalue weighted by Gasteiger charge is 2.33. The third-order valence-corrected chi connectivity index (χ3v) is 4.61. The maximum atomic E-state index is 13.1. The molecule has 2 aliphatic heterocycles. The molecule has 1 fully saturated rings. The van der Waals surface area contributed by atoms with Gasteiger partial charge in [0.15, 0.2) is 0 Å². The number of aromatic amines is 1. The molecule has 5 nitrogen and oxygen atoms in total. The van der Waals surface area contributed by atoms with Crippen molar-refractivity contribution in [1.29, 1.82) is 0 Å². The summed E-state index contributed by atoms with van der Waals surface area (Å²) in [4.78, 5) is 22.5. The summed E-state index contributed by atoms with van der Waals surface area (Å²) >= 11 is 0. The maximum Gasteiger partial charge on any atom is 0.254 e. The molecule has 1 saturated heterocycles. The molecule has 0 spiro atoms. The number of fused-ring (bicyclic) bond motifs is 1. The van der Waals surface area contributed by atoms with E-state index in [1.54, 1.807) is 6.20 Å². The highest BCUT2D eigenvalue weighted by atomic mass is 16.5. The van der Waals surface area contributed by atoms with Crippen LogP contribution in [0.2, 0.25) is 0 Å². The lowest BCUT2D eigenvalue weighted by atomic mass is 9.96. The van der Waals surface area contributed by atoms with Gasteiger partial charge < -0.3 is 14.6 Å². The van der Waals surface area contributed by atoms with E-state index < -0.39 is 0 Å². The van der Waals surface area contributed by atoms with Gasteiger partial charge in [0, 0.05) is 24.5 Å². The smallest absolute Gasteiger partial charge is 0.254 e. The van der Waals surface area contributed by atoms with E-state index in [2.05, 4.69) is 16.0 Å². The van der Waals surface area contributed by atoms with E-state index in [-0.39, 0.29) is 11.9 Å². The molecular weight excluding hydrogens is 278 g/mol. The number of hydrogen-bond donors (Lipinski definition) is 1. The standard InChI is InChI=1S/C17H19N3O2/c21-17(14-4-1-3-12-11-22-10-6-13(12)14)20-9-2-5-15(20)16-18-7-8-19-16/h1,3-4,7-8,15H,2,5-6,9-11H2,(H,18,19). The fraction of sp³-hybridized carbons (Fsp3) is 0.412. The highest BCUT2D eigenvalue weighted by molar-refractivity contribution is 5.96. The van der Waals surface area contributed by atoms with Crippen molar-refractivity contribution in [2.75, 3.05) is 13.2 Å². The number of nitrogens with zero attached hydrogens (tertiary/aromatic N) is 2. The van der Waals surface area contributed by atoms with Crippen LogP contribution >= 0.6 is 0 Å². The lowest BCUT2D eigenvalue weighted by Crippen LogP contribution is -2.32. The minimum atomic E-state index is 0.0678. The van der Waals surface area contributed by atoms with E-state index in [1.807, 2.05) is 23.2 Å². The van der Waals surface area contributed by atoms with Crippen LogP contribution in [0.1, 0.15) is 46.2 Å². The molecule has 4 rings (SSSR count). The monoisotopic (exact) mass is 297 g/mol. The van der Waals surface area contributed by atoms with Gasteiger partial charge in [0.25, 0.3) is 5.91 Å². The largest absolute Gasteiger partial charge is 0.376 e. The maximum absolute atomic E-state index is 13.1. The van der Waals surface area contributed by atoms with E-state index in [4.69, 9.17) is 4.74 Å². The van der Waals surface area contributed by atoms with Crippen molar-refractivity contribution in [2.24, 2.45) is 0 Å². The number of ether oxygens (including phenoxy) is 1. The summed E-state index contributed by atoms with van der Waals surface area (Å²) in [5.41, 5.74) is 3.13. The van der Waals surface area contributed by atoms with Crippen LogP contribution in [0.25, 0.3) is 0 Å². The Bertz CT molecular complexity index is 681. The van der Waals surface area contributed by atoms with Crippen molar-refractivity contribution in [1.82, 2.24) is 14.9 Å². The molecule has 1 atom stereocenters. The second kappa shape index (κ2) is 5.57. The molecule has 3 heterocycles. The Hall–Kier alpha value is -2.14. The Morgan fingerprint density at radius 3 is 3.23 bits per heavy atom. The van der Waals surface area contributed by atoms with Crippen LogP contribution in [-0.4, -0.2) is 33.9 Å². The number of aromatic nitrogens is 2. The van der Waals surface area contributed by atoms with Crippen molar-refractivity contribution < 1.29 is 9.53 Å². The van der Waals surface area contributed by atoms with E-state index >= 15 is 0 Å². The number of benzene rings is 1. The SMILES string of the molecule is O=C(c1cccc2c1CCOC2)N1CCCC1c1ncc[nH]1. The first-order chi connectivity index (χ1) is 10.8. The first-order valence-electron chi connectivity index (χ1n) is 7.83. The Balaban J connectivity index is 1.67. The van der Waals surface area contributed by atoms with Crippen molar-refractivity contribution in [3.8, 4) is 0 Å². The molecule has 1 aromatic heterocycles. The molecular formula is C17H19N3O2. The molecule has 1 unspecified atom stereocenters. The van der Waals surface area contributed by atoms with Gasteiger partial charge in [-0.1, -0.05) is 12.1 Å². The molecule has 1 aromatic carbocycles. The third kappa shape index (κ3) is 2.22. The quantitative estimate of drug-likeness (QED) is 0.926. The zero-order valence-electron chi connectivity index (χ0n) is 12.4. The number of carbonyl (C=O) groups is 1. The van der Waals surface area contributed by atoms with Gasteiger partial charge in [-0.25, -0.2) is 4.98 Å². The molecule has 0 saturated carbocycles. The predicted octanol–water partition coefficient (Wildman–Crippen LogP) is 2.46. The molecule has 1 N–H and O–H groups in total. The van der Waals surface area contributed by atoms with Gasteiger partial charge in [-0.2, -0.15) is 0 Å². The van der Waals surface area contributed by atoms with E-state index in [9.17, 15) is 4.79 Å². The van der Waals surface area contributed by atoms with Gasteiger partial charge in [0.2, 0.25) is 0 Å². The fourth-order valence-electron chi connectivity index (χ4n) is 3.53. The first-order valence-corrected chi connectivity index (χ1v) is 7.83. The summed E-state index contributed by atoms with van der Waals surface area (Å²) in [6.45, 7) is 2.10. The van der Waals surface area contributed by atoms with Crippen LogP contribution in [0.5, 0.6) is 0 Å². The molecule has 2 aromatic rings.